The van der Waals surface area contributed by atoms with Crippen molar-refractivity contribution in [3.05, 3.63) is 39.3 Å². The molecule has 1 fully saturated rings. The van der Waals surface area contributed by atoms with Gasteiger partial charge in [0.15, 0.2) is 5.13 Å². The Kier molecular flexibility index (Phi) is 4.06. The largest absolute Gasteiger partial charge is 0.298 e. The lowest BCUT2D eigenvalue weighted by Crippen LogP contribution is -2.16. The van der Waals surface area contributed by atoms with Crippen molar-refractivity contribution in [2.24, 2.45) is 5.14 Å². The summed E-state index contributed by atoms with van der Waals surface area (Å²) in [5.41, 5.74) is 1.19. The Morgan fingerprint density at radius 3 is 2.77 bits per heavy atom. The molecule has 0 atom stereocenters. The van der Waals surface area contributed by atoms with E-state index in [1.54, 1.807) is 0 Å². The number of hydrogen-bond acceptors (Lipinski definition) is 5. The van der Waals surface area contributed by atoms with Crippen molar-refractivity contribution in [1.29, 1.82) is 0 Å². The van der Waals surface area contributed by atoms with E-state index >= 15 is 0 Å². The van der Waals surface area contributed by atoms with E-state index in [-0.39, 0.29) is 10.5 Å². The summed E-state index contributed by atoms with van der Waals surface area (Å²) in [5, 5.41) is 10.2. The maximum atomic E-state index is 12.3. The first-order chi connectivity index (χ1) is 10.3. The number of rotatable bonds is 4. The number of nitrogens with two attached hydrogens (primary N) is 1. The lowest BCUT2D eigenvalue weighted by molar-refractivity contribution is 0.102. The highest BCUT2D eigenvalue weighted by Crippen LogP contribution is 2.40. The summed E-state index contributed by atoms with van der Waals surface area (Å²) in [4.78, 5) is 16.6. The van der Waals surface area contributed by atoms with E-state index in [0.717, 1.165) is 18.5 Å². The van der Waals surface area contributed by atoms with Crippen molar-refractivity contribution >= 4 is 48.3 Å². The van der Waals surface area contributed by atoms with Crippen LogP contribution in [0.3, 0.4) is 0 Å². The fourth-order valence-corrected chi connectivity index (χ4v) is 3.68. The van der Waals surface area contributed by atoms with E-state index in [9.17, 15) is 13.2 Å². The quantitative estimate of drug-likeness (QED) is 0.821. The molecule has 0 bridgehead atoms. The number of nitrogens with one attached hydrogen (secondary N) is 1. The van der Waals surface area contributed by atoms with Crippen LogP contribution in [-0.4, -0.2) is 19.3 Å². The maximum absolute atomic E-state index is 12.3. The van der Waals surface area contributed by atoms with Gasteiger partial charge in [0.2, 0.25) is 10.0 Å². The molecule has 0 unspecified atom stereocenters. The second-order valence-corrected chi connectivity index (χ2v) is 8.27. The lowest BCUT2D eigenvalue weighted by Gasteiger charge is -2.06. The fourth-order valence-electron chi connectivity index (χ4n) is 1.93. The van der Waals surface area contributed by atoms with E-state index in [4.69, 9.17) is 5.14 Å². The molecule has 0 aliphatic heterocycles. The Morgan fingerprint density at radius 2 is 2.14 bits per heavy atom. The molecule has 3 N–H and O–H groups in total. The van der Waals surface area contributed by atoms with Crippen LogP contribution in [0.25, 0.3) is 0 Å². The molecule has 1 aromatic heterocycles. The molecule has 0 spiro atoms. The smallest absolute Gasteiger partial charge is 0.258 e. The molecular formula is C13H12BrN3O3S2. The average molecular weight is 402 g/mol. The number of carbonyl (C=O) groups is 1. The van der Waals surface area contributed by atoms with Crippen LogP contribution in [0.4, 0.5) is 5.13 Å². The van der Waals surface area contributed by atoms with Crippen LogP contribution in [0.1, 0.15) is 34.8 Å². The number of primary sulfonamides is 1. The molecule has 116 valence electrons. The van der Waals surface area contributed by atoms with Crippen molar-refractivity contribution < 1.29 is 13.2 Å². The van der Waals surface area contributed by atoms with Crippen LogP contribution >= 0.6 is 27.3 Å². The monoisotopic (exact) mass is 401 g/mol. The van der Waals surface area contributed by atoms with E-state index in [0.29, 0.717) is 15.5 Å². The van der Waals surface area contributed by atoms with Gasteiger partial charge in [-0.15, -0.1) is 11.3 Å². The summed E-state index contributed by atoms with van der Waals surface area (Å²) in [6.45, 7) is 0. The van der Waals surface area contributed by atoms with Gasteiger partial charge < -0.3 is 0 Å². The van der Waals surface area contributed by atoms with Gasteiger partial charge in [-0.05, 0) is 47.0 Å². The zero-order chi connectivity index (χ0) is 15.9. The van der Waals surface area contributed by atoms with Gasteiger partial charge in [0, 0.05) is 15.8 Å². The molecule has 0 radical (unpaired) electrons. The Hall–Kier alpha value is -1.29. The molecule has 1 aromatic carbocycles. The number of amides is 1. The molecular weight excluding hydrogens is 390 g/mol. The minimum Gasteiger partial charge on any atom is -0.298 e. The Balaban J connectivity index is 1.84. The first-order valence-electron chi connectivity index (χ1n) is 6.44. The number of aromatic nitrogens is 1. The van der Waals surface area contributed by atoms with Gasteiger partial charge in [-0.1, -0.05) is 0 Å². The van der Waals surface area contributed by atoms with E-state index in [1.807, 2.05) is 5.38 Å². The maximum Gasteiger partial charge on any atom is 0.258 e. The molecule has 1 aliphatic rings. The lowest BCUT2D eigenvalue weighted by atomic mass is 10.2. The molecule has 1 heterocycles. The van der Waals surface area contributed by atoms with E-state index < -0.39 is 15.9 Å². The highest BCUT2D eigenvalue weighted by atomic mass is 79.9. The SMILES string of the molecule is NS(=O)(=O)c1ccc(Br)c(C(=O)Nc2nc(C3CC3)cs2)c1. The normalized spacial score (nSPS) is 14.8. The van der Waals surface area contributed by atoms with E-state index in [2.05, 4.69) is 26.2 Å². The van der Waals surface area contributed by atoms with Gasteiger partial charge in [0.05, 0.1) is 16.2 Å². The van der Waals surface area contributed by atoms with Gasteiger partial charge >= 0.3 is 0 Å². The van der Waals surface area contributed by atoms with Gasteiger partial charge in [-0.3, -0.25) is 10.1 Å². The summed E-state index contributed by atoms with van der Waals surface area (Å²) in [5.74, 6) is 0.0772. The fraction of sp³-hybridized carbons (Fsp3) is 0.231. The van der Waals surface area contributed by atoms with Crippen molar-refractivity contribution in [2.75, 3.05) is 5.32 Å². The van der Waals surface area contributed by atoms with Gasteiger partial charge in [0.25, 0.3) is 5.91 Å². The topological polar surface area (TPSA) is 102 Å². The Bertz CT molecular complexity index is 844. The van der Waals surface area contributed by atoms with Gasteiger partial charge in [0.1, 0.15) is 0 Å². The summed E-state index contributed by atoms with van der Waals surface area (Å²) in [6, 6.07) is 4.06. The first-order valence-corrected chi connectivity index (χ1v) is 9.65. The highest BCUT2D eigenvalue weighted by molar-refractivity contribution is 9.10. The highest BCUT2D eigenvalue weighted by Gasteiger charge is 2.26. The first kappa shape index (κ1) is 15.6. The summed E-state index contributed by atoms with van der Waals surface area (Å²) in [7, 11) is -3.86. The predicted molar refractivity (Wildman–Crippen MR) is 87.6 cm³/mol. The van der Waals surface area contributed by atoms with Crippen molar-refractivity contribution in [3.8, 4) is 0 Å². The van der Waals surface area contributed by atoms with Crippen LogP contribution in [0.15, 0.2) is 32.9 Å². The standard InChI is InChI=1S/C13H12BrN3O3S2/c14-10-4-3-8(22(15,19)20)5-9(10)12(18)17-13-16-11(6-21-13)7-1-2-7/h3-7H,1-2H2,(H2,15,19,20)(H,16,17,18). The number of sulfonamides is 1. The molecule has 3 rings (SSSR count). The molecule has 1 aliphatic carbocycles. The van der Waals surface area contributed by atoms with Gasteiger partial charge in [-0.2, -0.15) is 0 Å². The molecule has 22 heavy (non-hydrogen) atoms. The zero-order valence-electron chi connectivity index (χ0n) is 11.2. The number of benzene rings is 1. The molecule has 1 amide bonds. The van der Waals surface area contributed by atoms with Crippen molar-refractivity contribution in [3.63, 3.8) is 0 Å². The number of anilines is 1. The van der Waals surface area contributed by atoms with Crippen LogP contribution < -0.4 is 10.5 Å². The third-order valence-electron chi connectivity index (χ3n) is 3.25. The number of halogens is 1. The number of thiazole rings is 1. The van der Waals surface area contributed by atoms with Crippen molar-refractivity contribution in [2.45, 2.75) is 23.7 Å². The summed E-state index contributed by atoms with van der Waals surface area (Å²) >= 11 is 4.59. The minimum absolute atomic E-state index is 0.112. The number of nitrogens with zero attached hydrogens (tertiary/aromatic N) is 1. The van der Waals surface area contributed by atoms with E-state index in [1.165, 1.54) is 29.5 Å². The van der Waals surface area contributed by atoms with Gasteiger partial charge in [-0.25, -0.2) is 18.5 Å². The van der Waals surface area contributed by atoms with Crippen LogP contribution in [0, 0.1) is 0 Å². The Labute approximate surface area is 139 Å². The van der Waals surface area contributed by atoms with Crippen molar-refractivity contribution in [1.82, 2.24) is 4.98 Å². The zero-order valence-corrected chi connectivity index (χ0v) is 14.5. The van der Waals surface area contributed by atoms with Crippen LogP contribution in [0.2, 0.25) is 0 Å². The molecule has 2 aromatic rings. The number of hydrogen-bond donors (Lipinski definition) is 2. The summed E-state index contributed by atoms with van der Waals surface area (Å²) in [6.07, 6.45) is 2.28. The molecule has 9 heteroatoms. The number of carbonyl (C=O) groups excluding carboxylic acids is 1. The minimum atomic E-state index is -3.86. The van der Waals surface area contributed by atoms with Crippen LogP contribution in [0.5, 0.6) is 0 Å². The predicted octanol–water partition coefficient (Wildman–Crippen LogP) is 2.68. The second-order valence-electron chi connectivity index (χ2n) is 4.99. The molecule has 0 saturated heterocycles. The molecule has 1 saturated carbocycles. The third kappa shape index (κ3) is 3.37. The second kappa shape index (κ2) is 5.73. The van der Waals surface area contributed by atoms with Crippen LogP contribution in [-0.2, 0) is 10.0 Å². The average Bonchev–Trinajstić information content (AvgIpc) is 3.19. The Morgan fingerprint density at radius 1 is 1.41 bits per heavy atom. The molecule has 6 nitrogen and oxygen atoms in total. The third-order valence-corrected chi connectivity index (χ3v) is 5.63. The summed E-state index contributed by atoms with van der Waals surface area (Å²) < 4.78 is 23.2.